The molecule has 6 nitrogen and oxygen atoms in total. The van der Waals surface area contributed by atoms with E-state index in [2.05, 4.69) is 22.1 Å². The maximum atomic E-state index is 6.04. The van der Waals surface area contributed by atoms with Gasteiger partial charge < -0.3 is 19.4 Å². The van der Waals surface area contributed by atoms with Crippen molar-refractivity contribution < 1.29 is 4.74 Å². The van der Waals surface area contributed by atoms with Crippen molar-refractivity contribution in [1.29, 1.82) is 0 Å². The van der Waals surface area contributed by atoms with Gasteiger partial charge in [-0.1, -0.05) is 11.6 Å². The minimum absolute atomic E-state index is 0.329. The Morgan fingerprint density at radius 3 is 3.12 bits per heavy atom. The van der Waals surface area contributed by atoms with Crippen LogP contribution in [-0.4, -0.2) is 53.1 Å². The average Bonchev–Trinajstić information content (AvgIpc) is 3.32. The zero-order valence-corrected chi connectivity index (χ0v) is 15.3. The number of hydrogen-bond donors (Lipinski definition) is 1. The van der Waals surface area contributed by atoms with Gasteiger partial charge in [-0.3, -0.25) is 0 Å². The molecule has 1 spiro atoms. The van der Waals surface area contributed by atoms with Crippen LogP contribution in [0.1, 0.15) is 25.5 Å². The third kappa shape index (κ3) is 3.46. The lowest BCUT2D eigenvalue weighted by Crippen LogP contribution is -2.41. The van der Waals surface area contributed by atoms with Crippen molar-refractivity contribution >= 4 is 23.2 Å². The summed E-state index contributed by atoms with van der Waals surface area (Å²) in [6, 6.07) is 3.78. The van der Waals surface area contributed by atoms with Crippen molar-refractivity contribution in [1.82, 2.24) is 19.6 Å². The number of guanidine groups is 1. The first-order chi connectivity index (χ1) is 12.2. The first kappa shape index (κ1) is 16.7. The van der Waals surface area contributed by atoms with Gasteiger partial charge in [-0.25, -0.2) is 9.98 Å². The summed E-state index contributed by atoms with van der Waals surface area (Å²) in [6.45, 7) is 7.37. The second-order valence-electron chi connectivity index (χ2n) is 6.99. The standard InChI is InChI=1S/C18H24ClN5O/c1-2-20-17(23-7-5-18(12-23)6-8-25-13-18)21-9-15-11-24-10-14(19)3-4-16(24)22-15/h3-4,10-11H,2,5-9,12-13H2,1H3,(H,20,21). The minimum atomic E-state index is 0.329. The zero-order valence-electron chi connectivity index (χ0n) is 14.5. The van der Waals surface area contributed by atoms with Gasteiger partial charge in [0.25, 0.3) is 0 Å². The van der Waals surface area contributed by atoms with Crippen molar-refractivity contribution in [3.8, 4) is 0 Å². The van der Waals surface area contributed by atoms with Gasteiger partial charge in [0.15, 0.2) is 5.96 Å². The second kappa shape index (κ2) is 6.84. The van der Waals surface area contributed by atoms with E-state index in [1.54, 1.807) is 0 Å². The quantitative estimate of drug-likeness (QED) is 0.674. The topological polar surface area (TPSA) is 54.2 Å². The first-order valence-corrected chi connectivity index (χ1v) is 9.29. The molecule has 0 radical (unpaired) electrons. The highest BCUT2D eigenvalue weighted by molar-refractivity contribution is 6.30. The number of fused-ring (bicyclic) bond motifs is 1. The summed E-state index contributed by atoms with van der Waals surface area (Å²) in [7, 11) is 0. The van der Waals surface area contributed by atoms with E-state index in [1.165, 1.54) is 6.42 Å². The molecule has 2 fully saturated rings. The molecule has 0 amide bonds. The molecule has 1 atom stereocenters. The Labute approximate surface area is 152 Å². The van der Waals surface area contributed by atoms with E-state index in [9.17, 15) is 0 Å². The van der Waals surface area contributed by atoms with Crippen molar-refractivity contribution in [2.45, 2.75) is 26.3 Å². The predicted molar refractivity (Wildman–Crippen MR) is 99.1 cm³/mol. The largest absolute Gasteiger partial charge is 0.381 e. The lowest BCUT2D eigenvalue weighted by atomic mass is 9.87. The summed E-state index contributed by atoms with van der Waals surface area (Å²) in [6.07, 6.45) is 6.21. The molecule has 2 aromatic heterocycles. The van der Waals surface area contributed by atoms with Crippen molar-refractivity contribution in [3.63, 3.8) is 0 Å². The van der Waals surface area contributed by atoms with Crippen LogP contribution in [0.3, 0.4) is 0 Å². The molecular formula is C18H24ClN5O. The molecule has 2 aliphatic rings. The average molecular weight is 362 g/mol. The SMILES string of the molecule is CCNC(=NCc1cn2cc(Cl)ccc2n1)N1CCC2(CCOC2)C1. The van der Waals surface area contributed by atoms with Crippen LogP contribution in [0.25, 0.3) is 5.65 Å². The third-order valence-electron chi connectivity index (χ3n) is 5.11. The van der Waals surface area contributed by atoms with Crippen molar-refractivity contribution in [2.24, 2.45) is 10.4 Å². The molecule has 2 saturated heterocycles. The zero-order chi connectivity index (χ0) is 17.3. The normalized spacial score (nSPS) is 23.9. The molecule has 4 rings (SSSR count). The number of nitrogens with zero attached hydrogens (tertiary/aromatic N) is 4. The fourth-order valence-corrected chi connectivity index (χ4v) is 3.93. The molecule has 1 unspecified atom stereocenters. The summed E-state index contributed by atoms with van der Waals surface area (Å²) in [5.41, 5.74) is 2.16. The van der Waals surface area contributed by atoms with Crippen LogP contribution in [0.2, 0.25) is 5.02 Å². The molecule has 1 N–H and O–H groups in total. The van der Waals surface area contributed by atoms with E-state index in [1.807, 2.05) is 28.9 Å². The van der Waals surface area contributed by atoms with Crippen LogP contribution in [-0.2, 0) is 11.3 Å². The fraction of sp³-hybridized carbons (Fsp3) is 0.556. The summed E-state index contributed by atoms with van der Waals surface area (Å²) < 4.78 is 7.58. The molecule has 0 saturated carbocycles. The van der Waals surface area contributed by atoms with E-state index < -0.39 is 0 Å². The number of pyridine rings is 1. The highest BCUT2D eigenvalue weighted by Gasteiger charge is 2.42. The minimum Gasteiger partial charge on any atom is -0.381 e. The van der Waals surface area contributed by atoms with Crippen molar-refractivity contribution in [3.05, 3.63) is 35.2 Å². The summed E-state index contributed by atoms with van der Waals surface area (Å²) in [5, 5.41) is 4.13. The van der Waals surface area contributed by atoms with E-state index in [0.29, 0.717) is 17.0 Å². The van der Waals surface area contributed by atoms with Gasteiger partial charge in [0.05, 0.1) is 23.9 Å². The molecule has 134 valence electrons. The maximum Gasteiger partial charge on any atom is 0.194 e. The van der Waals surface area contributed by atoms with Crippen LogP contribution in [0, 0.1) is 5.41 Å². The molecule has 0 bridgehead atoms. The molecule has 0 aliphatic carbocycles. The predicted octanol–water partition coefficient (Wildman–Crippen LogP) is 2.57. The summed E-state index contributed by atoms with van der Waals surface area (Å²) >= 11 is 6.04. The number of aliphatic imine (C=N–C) groups is 1. The fourth-order valence-electron chi connectivity index (χ4n) is 3.76. The summed E-state index contributed by atoms with van der Waals surface area (Å²) in [4.78, 5) is 11.8. The molecule has 4 heterocycles. The number of nitrogens with one attached hydrogen (secondary N) is 1. The maximum absolute atomic E-state index is 6.04. The first-order valence-electron chi connectivity index (χ1n) is 8.92. The van der Waals surface area contributed by atoms with E-state index in [-0.39, 0.29) is 0 Å². The molecule has 2 aromatic rings. The third-order valence-corrected chi connectivity index (χ3v) is 5.34. The van der Waals surface area contributed by atoms with E-state index >= 15 is 0 Å². The van der Waals surface area contributed by atoms with Crippen LogP contribution in [0.15, 0.2) is 29.5 Å². The van der Waals surface area contributed by atoms with Crippen LogP contribution >= 0.6 is 11.6 Å². The number of imidazole rings is 1. The van der Waals surface area contributed by atoms with E-state index in [0.717, 1.165) is 56.6 Å². The highest BCUT2D eigenvalue weighted by Crippen LogP contribution is 2.38. The highest BCUT2D eigenvalue weighted by atomic mass is 35.5. The van der Waals surface area contributed by atoms with E-state index in [4.69, 9.17) is 21.3 Å². The molecule has 0 aromatic carbocycles. The van der Waals surface area contributed by atoms with Gasteiger partial charge in [-0.2, -0.15) is 0 Å². The molecule has 7 heteroatoms. The van der Waals surface area contributed by atoms with Crippen LogP contribution in [0.5, 0.6) is 0 Å². The summed E-state index contributed by atoms with van der Waals surface area (Å²) in [5.74, 6) is 0.973. The number of hydrogen-bond acceptors (Lipinski definition) is 3. The molecule has 25 heavy (non-hydrogen) atoms. The van der Waals surface area contributed by atoms with Gasteiger partial charge >= 0.3 is 0 Å². The Balaban J connectivity index is 1.49. The van der Waals surface area contributed by atoms with Crippen LogP contribution in [0.4, 0.5) is 0 Å². The van der Waals surface area contributed by atoms with Crippen LogP contribution < -0.4 is 5.32 Å². The smallest absolute Gasteiger partial charge is 0.194 e. The second-order valence-corrected chi connectivity index (χ2v) is 7.43. The Morgan fingerprint density at radius 1 is 1.40 bits per heavy atom. The number of rotatable bonds is 3. The Morgan fingerprint density at radius 2 is 2.32 bits per heavy atom. The monoisotopic (exact) mass is 361 g/mol. The lowest BCUT2D eigenvalue weighted by Gasteiger charge is -2.24. The number of aromatic nitrogens is 2. The van der Waals surface area contributed by atoms with Crippen molar-refractivity contribution in [2.75, 3.05) is 32.8 Å². The van der Waals surface area contributed by atoms with Gasteiger partial charge in [-0.05, 0) is 31.9 Å². The van der Waals surface area contributed by atoms with Gasteiger partial charge in [0.1, 0.15) is 5.65 Å². The van der Waals surface area contributed by atoms with Gasteiger partial charge in [-0.15, -0.1) is 0 Å². The molecular weight excluding hydrogens is 338 g/mol. The number of ether oxygens (including phenoxy) is 1. The Hall–Kier alpha value is -1.79. The Kier molecular flexibility index (Phi) is 4.56. The Bertz CT molecular complexity index is 781. The number of likely N-dealkylation sites (tertiary alicyclic amines) is 1. The molecule has 2 aliphatic heterocycles. The van der Waals surface area contributed by atoms with Gasteiger partial charge in [0.2, 0.25) is 0 Å². The lowest BCUT2D eigenvalue weighted by molar-refractivity contribution is 0.156. The van der Waals surface area contributed by atoms with Gasteiger partial charge in [0, 0.05) is 44.0 Å². The number of halogens is 1.